The highest BCUT2D eigenvalue weighted by Gasteiger charge is 2.41. The van der Waals surface area contributed by atoms with Crippen LogP contribution in [0.4, 0.5) is 78.0 Å². The number of allylic oxidation sites excluding steroid dienone is 1. The topological polar surface area (TPSA) is 266 Å². The molecule has 0 fully saturated rings. The third kappa shape index (κ3) is 25.3. The zero-order chi connectivity index (χ0) is 87.0. The molecule has 3 amide bonds. The Hall–Kier alpha value is -12.0. The van der Waals surface area contributed by atoms with Crippen molar-refractivity contribution in [1.82, 2.24) is 0 Å². The summed E-state index contributed by atoms with van der Waals surface area (Å²) in [7, 11) is 4.37. The van der Waals surface area contributed by atoms with E-state index in [9.17, 15) is 74.4 Å². The maximum atomic E-state index is 14.1. The molecule has 3 aliphatic heterocycles. The molecule has 0 spiro atoms. The molecular weight excluding hydrogens is 1640 g/mol. The number of fused-ring (bicyclic) bond motifs is 3. The fourth-order valence-corrected chi connectivity index (χ4v) is 14.2. The van der Waals surface area contributed by atoms with E-state index >= 15 is 0 Å². The van der Waals surface area contributed by atoms with Crippen LogP contribution in [0.2, 0.25) is 10.0 Å². The number of alkyl halides is 9. The highest BCUT2D eigenvalue weighted by molar-refractivity contribution is 7.12. The number of carboxylic acids is 2. The summed E-state index contributed by atoms with van der Waals surface area (Å²) in [5.41, 5.74) is 5.03. The summed E-state index contributed by atoms with van der Waals surface area (Å²) >= 11 is 12.8. The Balaban J connectivity index is 0.000000189. The second-order valence-electron chi connectivity index (χ2n) is 26.9. The number of aryl methyl sites for hydroxylation is 1. The van der Waals surface area contributed by atoms with E-state index in [0.717, 1.165) is 12.1 Å². The van der Waals surface area contributed by atoms with E-state index in [0.29, 0.717) is 139 Å². The number of hydrogen-bond acceptors (Lipinski definition) is 18. The van der Waals surface area contributed by atoms with Gasteiger partial charge in [-0.3, -0.25) is 24.0 Å². The summed E-state index contributed by atoms with van der Waals surface area (Å²) in [4.78, 5) is 67.4. The second-order valence-corrected chi connectivity index (χ2v) is 28.9. The number of rotatable bonds is 32. The van der Waals surface area contributed by atoms with E-state index in [1.807, 2.05) is 0 Å². The zero-order valence-electron chi connectivity index (χ0n) is 65.0. The Bertz CT molecular complexity index is 5170. The van der Waals surface area contributed by atoms with Crippen LogP contribution in [-0.4, -0.2) is 118 Å². The summed E-state index contributed by atoms with van der Waals surface area (Å²) < 4.78 is 182. The van der Waals surface area contributed by atoms with Crippen molar-refractivity contribution in [3.8, 4) is 46.0 Å². The van der Waals surface area contributed by atoms with Crippen molar-refractivity contribution in [1.29, 1.82) is 0 Å². The molecule has 3 aliphatic rings. The molecule has 0 saturated carbocycles. The van der Waals surface area contributed by atoms with Gasteiger partial charge in [-0.1, -0.05) is 72.2 Å². The van der Waals surface area contributed by atoms with E-state index in [1.54, 1.807) is 79.7 Å². The molecule has 4 heterocycles. The lowest BCUT2D eigenvalue weighted by Crippen LogP contribution is -2.37. The fraction of sp³-hybridized carbons (Fsp3) is 0.298. The molecule has 9 aromatic rings. The number of nitrogens with zero attached hydrogens (tertiary/aromatic N) is 3. The molecule has 3 atom stereocenters. The number of aliphatic hydroxyl groups excluding tert-OH is 1. The van der Waals surface area contributed by atoms with Crippen molar-refractivity contribution < 1.29 is 122 Å². The Morgan fingerprint density at radius 2 is 0.899 bits per heavy atom. The lowest BCUT2D eigenvalue weighted by atomic mass is 9.99. The summed E-state index contributed by atoms with van der Waals surface area (Å²) in [5, 5.41) is 37.1. The van der Waals surface area contributed by atoms with E-state index in [1.165, 1.54) is 115 Å². The number of methoxy groups -OCH3 is 3. The van der Waals surface area contributed by atoms with Gasteiger partial charge >= 0.3 is 30.8 Å². The normalized spacial score (nSPS) is 13.8. The molecule has 35 heteroatoms. The van der Waals surface area contributed by atoms with Crippen molar-refractivity contribution >= 4 is 98.3 Å². The van der Waals surface area contributed by atoms with Crippen LogP contribution in [0.25, 0.3) is 0 Å². The Labute approximate surface area is 691 Å². The molecule has 0 radical (unpaired) electrons. The summed E-state index contributed by atoms with van der Waals surface area (Å²) in [6.45, 7) is 6.30. The first-order valence-corrected chi connectivity index (χ1v) is 38.2. The molecule has 6 N–H and O–H groups in total. The first-order valence-electron chi connectivity index (χ1n) is 37.1. The number of benzene rings is 8. The minimum Gasteiger partial charge on any atom is -0.513 e. The monoisotopic (exact) mass is 1720 g/mol. The van der Waals surface area contributed by atoms with Crippen LogP contribution in [0.5, 0.6) is 46.0 Å². The molecule has 632 valence electrons. The molecule has 1 aromatic heterocycles. The molecule has 0 saturated heterocycles. The van der Waals surface area contributed by atoms with Crippen LogP contribution >= 0.6 is 34.5 Å². The Kier molecular flexibility index (Phi) is 29.5. The molecular formula is C84H80Cl2F10N6O16S. The fourth-order valence-electron chi connectivity index (χ4n) is 12.9. The number of anilines is 6. The number of carboxylic acid groups (broad SMARTS) is 2. The van der Waals surface area contributed by atoms with Gasteiger partial charge in [0, 0.05) is 144 Å². The van der Waals surface area contributed by atoms with Crippen LogP contribution in [0.3, 0.4) is 0 Å². The number of ether oxygens (including phenoxy) is 8. The zero-order valence-corrected chi connectivity index (χ0v) is 66.3. The third-order valence-electron chi connectivity index (χ3n) is 18.4. The molecule has 119 heavy (non-hydrogen) atoms. The van der Waals surface area contributed by atoms with Gasteiger partial charge in [0.15, 0.2) is 0 Å². The molecule has 0 bridgehead atoms. The number of carbonyl (C=O) groups is 5. The largest absolute Gasteiger partial charge is 0.573 e. The van der Waals surface area contributed by atoms with Gasteiger partial charge in [-0.2, -0.15) is 13.2 Å². The minimum absolute atomic E-state index is 0.0669. The number of aliphatic carboxylic acids is 2. The van der Waals surface area contributed by atoms with Gasteiger partial charge in [-0.05, 0) is 127 Å². The number of thiophene rings is 1. The number of amides is 3. The molecule has 12 rings (SSSR count). The maximum Gasteiger partial charge on any atom is 0.573 e. The van der Waals surface area contributed by atoms with Gasteiger partial charge in [0.05, 0.1) is 65.3 Å². The van der Waals surface area contributed by atoms with Gasteiger partial charge in [-0.15, -0.1) is 37.7 Å². The van der Waals surface area contributed by atoms with Gasteiger partial charge in [0.25, 0.3) is 17.7 Å². The highest BCUT2D eigenvalue weighted by Crippen LogP contribution is 2.46. The van der Waals surface area contributed by atoms with E-state index in [4.69, 9.17) is 61.8 Å². The number of aliphatic hydroxyl groups is 1. The first kappa shape index (κ1) is 87.9. The summed E-state index contributed by atoms with van der Waals surface area (Å²) in [6, 6.07) is 35.8. The van der Waals surface area contributed by atoms with Crippen LogP contribution < -0.4 is 68.5 Å². The van der Waals surface area contributed by atoms with Crippen LogP contribution in [0, 0.1) is 12.7 Å². The van der Waals surface area contributed by atoms with E-state index in [2.05, 4.69) is 32.0 Å². The summed E-state index contributed by atoms with van der Waals surface area (Å²) in [5.74, 6) is -2.51. The lowest BCUT2D eigenvalue weighted by Gasteiger charge is -2.27. The number of nitrogens with one attached hydrogen (secondary N) is 3. The van der Waals surface area contributed by atoms with Gasteiger partial charge in [0.2, 0.25) is 0 Å². The predicted molar refractivity (Wildman–Crippen MR) is 427 cm³/mol. The average Bonchev–Trinajstić information content (AvgIpc) is 1.35. The van der Waals surface area contributed by atoms with Crippen molar-refractivity contribution in [3.63, 3.8) is 0 Å². The quantitative estimate of drug-likeness (QED) is 0.0130. The lowest BCUT2D eigenvalue weighted by molar-refractivity contribution is -0.275. The van der Waals surface area contributed by atoms with E-state index < -0.39 is 88.9 Å². The van der Waals surface area contributed by atoms with Crippen molar-refractivity contribution in [2.24, 2.45) is 0 Å². The van der Waals surface area contributed by atoms with Crippen molar-refractivity contribution in [2.45, 2.75) is 102 Å². The highest BCUT2D eigenvalue weighted by atomic mass is 35.5. The van der Waals surface area contributed by atoms with E-state index in [-0.39, 0.29) is 92.6 Å². The Morgan fingerprint density at radius 1 is 0.487 bits per heavy atom. The van der Waals surface area contributed by atoms with Crippen LogP contribution in [0.1, 0.15) is 101 Å². The minimum atomic E-state index is -4.91. The summed E-state index contributed by atoms with van der Waals surface area (Å²) in [6.07, 6.45) is -11.8. The van der Waals surface area contributed by atoms with Crippen LogP contribution in [0.15, 0.2) is 176 Å². The van der Waals surface area contributed by atoms with Crippen molar-refractivity contribution in [3.05, 3.63) is 235 Å². The smallest absolute Gasteiger partial charge is 0.513 e. The van der Waals surface area contributed by atoms with Crippen LogP contribution in [-0.2, 0) is 49.4 Å². The number of halogens is 12. The maximum absolute atomic E-state index is 14.1. The average molecular weight is 1720 g/mol. The number of carbonyl (C=O) groups excluding carboxylic acids is 3. The molecule has 22 nitrogen and oxygen atoms in total. The van der Waals surface area contributed by atoms with Gasteiger partial charge in [0.1, 0.15) is 74.8 Å². The standard InChI is InChI=1S/C29H28F4N2O6.C28H26ClF3N2O6.C27H26ClF3N2O4S/c1-17-12-19(30)6-8-24(17)27(34-20-13-22(39-2)15-23(14-20)40-11-3-4-26(36)37)28(38)35-10-9-18-5-7-21(16-25(18)35)41-29(31,32)33;1-38-22-13-20(14-23(15-22)39-12-2-3-25(35)36)33-26(18-4-7-19(29)8-5-18)27(37)34-11-10-17-6-9-21(16-24(17)34)40-28(30,31)32;1-16(34)4-3-11-37-21-13-19(12-20(14-21)36-2)32-25(17-5-7-18(28)8-6-17)26(35)33-10-9-23-22(33)15-24(38-23)27(29,30)31/h5-8,12-16,27,34H,3-4,9-11H2,1-2H3,(H,36,37);4-9,13-16,26,33H,2-3,10-12H2,1H3,(H,35,36);5-8,12-15,25,32,34H,1,3-4,9-11H2,2H3/i;26D;. The Morgan fingerprint density at radius 3 is 1.34 bits per heavy atom. The second kappa shape index (κ2) is 40.0. The van der Waals surface area contributed by atoms with Gasteiger partial charge < -0.3 is 83.9 Å². The predicted octanol–water partition coefficient (Wildman–Crippen LogP) is 19.7. The van der Waals surface area contributed by atoms with Gasteiger partial charge in [-0.25, -0.2) is 4.39 Å². The molecule has 8 aromatic carbocycles. The molecule has 3 unspecified atom stereocenters. The SMILES string of the molecule is C=C(O)CCCOc1cc(NC(C(=O)N2CCc3sc(C(F)(F)F)cc32)c2ccc(Cl)cc2)cc(OC)c1.COc1cc(NC(C(=O)N2CCc3ccc(OC(F)(F)F)cc32)c2ccc(F)cc2C)cc(OCCCC(=O)O)c1.[2H]C(Nc1cc(OC)cc(OCCCC(=O)O)c1)(C(=O)N1CCc2ccc(OC(F)(F)F)cc21)c1ccc(Cl)cc1. The number of hydrogen-bond donors (Lipinski definition) is 6. The third-order valence-corrected chi connectivity index (χ3v) is 20.1. The molecule has 0 aliphatic carbocycles. The van der Waals surface area contributed by atoms with Crippen molar-refractivity contribution in [2.75, 3.05) is 91.4 Å². The first-order chi connectivity index (χ1) is 56.8.